The highest BCUT2D eigenvalue weighted by molar-refractivity contribution is 6.30. The molecule has 0 aliphatic rings. The number of rotatable bonds is 5. The van der Waals surface area contributed by atoms with Crippen LogP contribution in [0.15, 0.2) is 18.2 Å². The third-order valence-corrected chi connectivity index (χ3v) is 2.70. The van der Waals surface area contributed by atoms with Crippen LogP contribution in [-0.4, -0.2) is 26.2 Å². The number of nitriles is 1. The van der Waals surface area contributed by atoms with E-state index in [1.165, 1.54) is 7.11 Å². The Labute approximate surface area is 112 Å². The molecule has 0 aliphatic heterocycles. The number of ether oxygens (including phenoxy) is 1. The lowest BCUT2D eigenvalue weighted by Gasteiger charge is -2.24. The average Bonchev–Trinajstić information content (AvgIpc) is 2.38. The summed E-state index contributed by atoms with van der Waals surface area (Å²) < 4.78 is 4.66. The zero-order valence-corrected chi connectivity index (χ0v) is 11.2. The van der Waals surface area contributed by atoms with Crippen LogP contribution in [0.4, 0.5) is 5.69 Å². The minimum Gasteiger partial charge on any atom is -0.468 e. The lowest BCUT2D eigenvalue weighted by atomic mass is 10.1. The second-order valence-electron chi connectivity index (χ2n) is 3.77. The number of hydrogen-bond donors (Lipinski definition) is 0. The molecule has 0 heterocycles. The SMILES string of the molecule is CCCN(CC(=O)OC)c1cc(Cl)ccc1C#N. The fourth-order valence-electron chi connectivity index (χ4n) is 1.64. The number of hydrogen-bond acceptors (Lipinski definition) is 4. The number of carbonyl (C=O) groups is 1. The molecule has 1 aromatic carbocycles. The zero-order valence-electron chi connectivity index (χ0n) is 10.4. The molecule has 4 nitrogen and oxygen atoms in total. The Kier molecular flexibility index (Phi) is 5.47. The maximum atomic E-state index is 11.4. The number of carbonyl (C=O) groups excluding carboxylic acids is 1. The lowest BCUT2D eigenvalue weighted by molar-refractivity contribution is -0.138. The minimum absolute atomic E-state index is 0.110. The van der Waals surface area contributed by atoms with Crippen molar-refractivity contribution >= 4 is 23.3 Å². The van der Waals surface area contributed by atoms with Crippen molar-refractivity contribution in [3.63, 3.8) is 0 Å². The first-order valence-electron chi connectivity index (χ1n) is 5.63. The van der Waals surface area contributed by atoms with Gasteiger partial charge < -0.3 is 9.64 Å². The second kappa shape index (κ2) is 6.87. The Morgan fingerprint density at radius 3 is 2.83 bits per heavy atom. The van der Waals surface area contributed by atoms with Crippen LogP contribution in [0.2, 0.25) is 5.02 Å². The van der Waals surface area contributed by atoms with Gasteiger partial charge in [0.25, 0.3) is 0 Å². The number of methoxy groups -OCH3 is 1. The van der Waals surface area contributed by atoms with E-state index in [2.05, 4.69) is 10.8 Å². The molecule has 0 spiro atoms. The molecule has 0 aromatic heterocycles. The summed E-state index contributed by atoms with van der Waals surface area (Å²) in [5.41, 5.74) is 1.16. The third-order valence-electron chi connectivity index (χ3n) is 2.46. The van der Waals surface area contributed by atoms with Gasteiger partial charge in [-0.3, -0.25) is 4.79 Å². The van der Waals surface area contributed by atoms with Gasteiger partial charge >= 0.3 is 5.97 Å². The monoisotopic (exact) mass is 266 g/mol. The number of nitrogens with zero attached hydrogens (tertiary/aromatic N) is 2. The lowest BCUT2D eigenvalue weighted by Crippen LogP contribution is -2.31. The molecule has 0 fully saturated rings. The van der Waals surface area contributed by atoms with Crippen molar-refractivity contribution in [2.24, 2.45) is 0 Å². The topological polar surface area (TPSA) is 53.3 Å². The molecule has 1 rings (SSSR count). The standard InChI is InChI=1S/C13H15ClN2O2/c1-3-6-16(9-13(17)18-2)12-7-11(14)5-4-10(12)8-15/h4-5,7H,3,6,9H2,1-2H3. The molecule has 0 atom stereocenters. The largest absolute Gasteiger partial charge is 0.468 e. The van der Waals surface area contributed by atoms with Gasteiger partial charge in [0.05, 0.1) is 18.4 Å². The van der Waals surface area contributed by atoms with Crippen molar-refractivity contribution in [1.29, 1.82) is 5.26 Å². The van der Waals surface area contributed by atoms with Gasteiger partial charge in [0, 0.05) is 11.6 Å². The van der Waals surface area contributed by atoms with Crippen LogP contribution in [0.1, 0.15) is 18.9 Å². The first-order chi connectivity index (χ1) is 8.62. The van der Waals surface area contributed by atoms with Gasteiger partial charge in [-0.05, 0) is 24.6 Å². The Morgan fingerprint density at radius 2 is 2.28 bits per heavy atom. The van der Waals surface area contributed by atoms with Crippen molar-refractivity contribution in [3.8, 4) is 6.07 Å². The molecule has 1 aromatic rings. The average molecular weight is 267 g/mol. The van der Waals surface area contributed by atoms with E-state index < -0.39 is 0 Å². The summed E-state index contributed by atoms with van der Waals surface area (Å²) in [5, 5.41) is 9.62. The highest BCUT2D eigenvalue weighted by atomic mass is 35.5. The molecule has 0 saturated carbocycles. The first-order valence-corrected chi connectivity index (χ1v) is 6.01. The highest BCUT2D eigenvalue weighted by Gasteiger charge is 2.15. The Hall–Kier alpha value is -1.73. The summed E-state index contributed by atoms with van der Waals surface area (Å²) in [7, 11) is 1.34. The van der Waals surface area contributed by atoms with Crippen LogP contribution in [-0.2, 0) is 9.53 Å². The molecular weight excluding hydrogens is 252 g/mol. The van der Waals surface area contributed by atoms with E-state index in [9.17, 15) is 4.79 Å². The van der Waals surface area contributed by atoms with E-state index in [0.717, 1.165) is 6.42 Å². The maximum Gasteiger partial charge on any atom is 0.325 e. The summed E-state index contributed by atoms with van der Waals surface area (Å²) in [6, 6.07) is 7.10. The molecule has 0 bridgehead atoms. The van der Waals surface area contributed by atoms with E-state index in [1.807, 2.05) is 6.92 Å². The summed E-state index contributed by atoms with van der Waals surface area (Å²) >= 11 is 5.94. The van der Waals surface area contributed by atoms with Gasteiger partial charge in [0.15, 0.2) is 0 Å². The van der Waals surface area contributed by atoms with E-state index in [1.54, 1.807) is 23.1 Å². The third kappa shape index (κ3) is 3.64. The highest BCUT2D eigenvalue weighted by Crippen LogP contribution is 2.24. The Morgan fingerprint density at radius 1 is 1.56 bits per heavy atom. The number of halogens is 1. The predicted octanol–water partition coefficient (Wildman–Crippen LogP) is 2.60. The Balaban J connectivity index is 3.08. The van der Waals surface area contributed by atoms with Crippen LogP contribution in [0.5, 0.6) is 0 Å². The Bertz CT molecular complexity index is 469. The first kappa shape index (κ1) is 14.3. The zero-order chi connectivity index (χ0) is 13.5. The van der Waals surface area contributed by atoms with Crippen LogP contribution in [0.3, 0.4) is 0 Å². The van der Waals surface area contributed by atoms with Crippen molar-refractivity contribution in [2.75, 3.05) is 25.1 Å². The molecule has 0 unspecified atom stereocenters. The van der Waals surface area contributed by atoms with Gasteiger partial charge in [0.2, 0.25) is 0 Å². The predicted molar refractivity (Wildman–Crippen MR) is 70.7 cm³/mol. The number of benzene rings is 1. The second-order valence-corrected chi connectivity index (χ2v) is 4.21. The van der Waals surface area contributed by atoms with Crippen LogP contribution < -0.4 is 4.90 Å². The fourth-order valence-corrected chi connectivity index (χ4v) is 1.80. The van der Waals surface area contributed by atoms with Crippen LogP contribution in [0.25, 0.3) is 0 Å². The maximum absolute atomic E-state index is 11.4. The quantitative estimate of drug-likeness (QED) is 0.769. The summed E-state index contributed by atoms with van der Waals surface area (Å²) in [5.74, 6) is -0.340. The molecule has 0 N–H and O–H groups in total. The van der Waals surface area contributed by atoms with Crippen molar-refractivity contribution in [3.05, 3.63) is 28.8 Å². The molecule has 18 heavy (non-hydrogen) atoms. The molecular formula is C13H15ClN2O2. The molecule has 0 saturated heterocycles. The van der Waals surface area contributed by atoms with E-state index >= 15 is 0 Å². The van der Waals surface area contributed by atoms with Crippen molar-refractivity contribution < 1.29 is 9.53 Å². The number of anilines is 1. The van der Waals surface area contributed by atoms with E-state index in [-0.39, 0.29) is 12.5 Å². The normalized spacial score (nSPS) is 9.67. The van der Waals surface area contributed by atoms with Crippen molar-refractivity contribution in [2.45, 2.75) is 13.3 Å². The van der Waals surface area contributed by atoms with Gasteiger partial charge in [0.1, 0.15) is 12.6 Å². The molecule has 0 amide bonds. The van der Waals surface area contributed by atoms with Crippen LogP contribution in [0, 0.1) is 11.3 Å². The minimum atomic E-state index is -0.340. The fraction of sp³-hybridized carbons (Fsp3) is 0.385. The molecule has 0 radical (unpaired) electrons. The molecule has 0 aliphatic carbocycles. The van der Waals surface area contributed by atoms with Crippen molar-refractivity contribution in [1.82, 2.24) is 0 Å². The van der Waals surface area contributed by atoms with E-state index in [0.29, 0.717) is 22.8 Å². The van der Waals surface area contributed by atoms with Crippen LogP contribution >= 0.6 is 11.6 Å². The number of esters is 1. The summed E-state index contributed by atoms with van der Waals surface area (Å²) in [6.45, 7) is 2.77. The van der Waals surface area contributed by atoms with Gasteiger partial charge in [-0.25, -0.2) is 0 Å². The molecule has 5 heteroatoms. The van der Waals surface area contributed by atoms with Gasteiger partial charge in [-0.15, -0.1) is 0 Å². The smallest absolute Gasteiger partial charge is 0.325 e. The summed E-state index contributed by atoms with van der Waals surface area (Å²) in [4.78, 5) is 13.2. The van der Waals surface area contributed by atoms with E-state index in [4.69, 9.17) is 16.9 Å². The van der Waals surface area contributed by atoms with Gasteiger partial charge in [-0.1, -0.05) is 18.5 Å². The van der Waals surface area contributed by atoms with Gasteiger partial charge in [-0.2, -0.15) is 5.26 Å². The molecule has 96 valence electrons. The summed E-state index contributed by atoms with van der Waals surface area (Å²) in [6.07, 6.45) is 0.856.